The minimum Gasteiger partial charge on any atom is -0.462 e. The number of carbonyl (C=O) groups excluding carboxylic acids is 8. The zero-order chi connectivity index (χ0) is 94.3. The summed E-state index contributed by atoms with van der Waals surface area (Å²) in [6.45, 7) is 14.8. The molecule has 0 radical (unpaired) electrons. The van der Waals surface area contributed by atoms with Gasteiger partial charge >= 0.3 is 41.8 Å². The summed E-state index contributed by atoms with van der Waals surface area (Å²) in [4.78, 5) is 111. The van der Waals surface area contributed by atoms with Gasteiger partial charge in [0.15, 0.2) is 58.7 Å². The molecular weight excluding hydrogens is 2710 g/mol. The molecule has 130 heavy (non-hydrogen) atoms. The van der Waals surface area contributed by atoms with Gasteiger partial charge in [-0.3, -0.25) is 19.2 Å². The van der Waals surface area contributed by atoms with E-state index in [9.17, 15) is 38.4 Å². The normalized spacial score (nSPS) is 11.8. The number of Topliss-reactive ketones (excluding diaryl/α,β-unsaturated/α-hetero) is 1. The molecule has 0 aliphatic heterocycles. The van der Waals surface area contributed by atoms with Gasteiger partial charge in [0.25, 0.3) is 0 Å². The molecule has 12 rings (SSSR count). The highest BCUT2D eigenvalue weighted by Gasteiger charge is 2.35. The molecule has 0 aliphatic rings. The van der Waals surface area contributed by atoms with Crippen molar-refractivity contribution in [2.24, 2.45) is 0 Å². The Morgan fingerprint density at radius 3 is 0.615 bits per heavy atom. The first-order valence-electron chi connectivity index (χ1n) is 40.3. The molecule has 0 fully saturated rings. The Hall–Kier alpha value is -5.45. The van der Waals surface area contributed by atoms with Gasteiger partial charge in [-0.25, -0.2) is 19.2 Å². The van der Waals surface area contributed by atoms with E-state index < -0.39 is 28.2 Å². The van der Waals surface area contributed by atoms with E-state index in [1.807, 2.05) is 215 Å². The van der Waals surface area contributed by atoms with E-state index in [1.54, 1.807) is 77.9 Å². The number of rotatable bonds is 33. The average molecular weight is 2800 g/mol. The molecule has 0 aromatic heterocycles. The monoisotopic (exact) mass is 2800 g/mol. The second kappa shape index (κ2) is 53.3. The van der Waals surface area contributed by atoms with Gasteiger partial charge in [-0.05, 0) is 397 Å². The molecule has 676 valence electrons. The van der Waals surface area contributed by atoms with Crippen LogP contribution in [-0.4, -0.2) is 108 Å². The Balaban J connectivity index is 0.000000195. The topological polar surface area (TPSA) is 201 Å². The molecule has 29 heteroatoms. The number of ketones is 1. The van der Waals surface area contributed by atoms with Crippen molar-refractivity contribution in [2.75, 3.05) is 46.2 Å². The predicted octanol–water partition coefficient (Wildman–Crippen LogP) is 27.7. The first-order chi connectivity index (χ1) is 61.8. The lowest BCUT2D eigenvalue weighted by molar-refractivity contribution is -0.146. The third kappa shape index (κ3) is 35.3. The molecule has 12 aromatic carbocycles. The minimum atomic E-state index is -0.613. The molecule has 0 saturated carbocycles. The van der Waals surface area contributed by atoms with Gasteiger partial charge in [-0.1, -0.05) is 175 Å². The van der Waals surface area contributed by atoms with Crippen LogP contribution in [0.4, 0.5) is 0 Å². The van der Waals surface area contributed by atoms with Crippen molar-refractivity contribution in [3.8, 4) is 0 Å². The number of hydrogen-bond donors (Lipinski definition) is 0. The fourth-order valence-corrected chi connectivity index (χ4v) is 22.2. The number of alkyl halides is 4. The summed E-state index contributed by atoms with van der Waals surface area (Å²) >= 11 is 25.6. The van der Waals surface area contributed by atoms with Crippen molar-refractivity contribution in [1.82, 2.24) is 0 Å². The lowest BCUT2D eigenvalue weighted by Crippen LogP contribution is -2.28. The Bertz CT molecular complexity index is 5260. The molecule has 0 spiro atoms. The van der Waals surface area contributed by atoms with Crippen LogP contribution in [0.15, 0.2) is 375 Å². The Kier molecular flexibility index (Phi) is 44.4. The van der Waals surface area contributed by atoms with E-state index in [-0.39, 0.29) is 123 Å². The van der Waals surface area contributed by atoms with Crippen LogP contribution >= 0.6 is 206 Å². The van der Waals surface area contributed by atoms with Gasteiger partial charge in [-0.15, -0.1) is 0 Å². The first kappa shape index (κ1) is 108. The van der Waals surface area contributed by atoms with E-state index in [4.69, 9.17) is 33.2 Å². The maximum Gasteiger partial charge on any atom is 0.338 e. The van der Waals surface area contributed by atoms with Gasteiger partial charge in [0, 0.05) is 30.5 Å². The van der Waals surface area contributed by atoms with Gasteiger partial charge < -0.3 is 33.2 Å². The summed E-state index contributed by atoms with van der Waals surface area (Å²) in [6.07, 6.45) is 0.954. The Labute approximate surface area is 893 Å². The summed E-state index contributed by atoms with van der Waals surface area (Å²) in [5, 5.41) is 0. The van der Waals surface area contributed by atoms with E-state index in [0.717, 1.165) is 33.0 Å². The maximum atomic E-state index is 12.5. The molecule has 0 bridgehead atoms. The third-order valence-electron chi connectivity index (χ3n) is 18.1. The van der Waals surface area contributed by atoms with E-state index in [0.29, 0.717) is 35.1 Å². The van der Waals surface area contributed by atoms with Gasteiger partial charge in [0.05, 0.1) is 75.9 Å². The van der Waals surface area contributed by atoms with Crippen molar-refractivity contribution in [1.29, 1.82) is 0 Å². The lowest BCUT2D eigenvalue weighted by Gasteiger charge is -2.14. The minimum absolute atomic E-state index is 0.0151. The van der Waals surface area contributed by atoms with Crippen LogP contribution in [0.2, 0.25) is 0 Å². The van der Waals surface area contributed by atoms with Crippen molar-refractivity contribution < 1.29 is 71.5 Å². The predicted molar refractivity (Wildman–Crippen MR) is 588 cm³/mol. The van der Waals surface area contributed by atoms with E-state index in [1.165, 1.54) is 49.9 Å². The number of hydrogen-bond acceptors (Lipinski definition) is 15. The highest BCUT2D eigenvalue weighted by atomic mass is 127. The third-order valence-corrected chi connectivity index (χ3v) is 32.7. The molecule has 15 nitrogen and oxygen atoms in total. The van der Waals surface area contributed by atoms with Crippen LogP contribution < -0.4 is 0 Å². The second-order valence-corrected chi connectivity index (χ2v) is 55.4. The fraction of sp³-hybridized carbons (Fsp3) is 0.208. The lowest BCUT2D eigenvalue weighted by atomic mass is 10.1. The average Bonchev–Trinajstić information content (AvgIpc) is 0.813. The van der Waals surface area contributed by atoms with Crippen molar-refractivity contribution in [2.45, 2.75) is 141 Å². The SMILES string of the molecule is CC(C)(I)C(=O)CCCOC(=O)c1ccc([S+](c2ccc(I)cc2)c2ccc(I)cc2)cc1.CC(C)(I)C(=O)OCCOC(=O)c1ccc([S+](c2ccc(Br)cc2)c2ccc(Br)cc2)cc1.CC(C)(I)C(=O)OCCOC(=O)c1ccc([S+](c2ccccc2)c2ccc(Br)cc2)cc1.CC(C)(I)C(=O)OCCOC(=O)c1ccc([S+](c2ccccc2)c2ccc(I)cc2)cc1. The fourth-order valence-electron chi connectivity index (χ4n) is 11.4. The molecule has 0 N–H and O–H groups in total. The molecule has 0 aliphatic carbocycles. The number of carbonyl (C=O) groups is 8. The van der Waals surface area contributed by atoms with Crippen molar-refractivity contribution in [3.05, 3.63) is 350 Å². The molecule has 0 amide bonds. The zero-order valence-electron chi connectivity index (χ0n) is 71.8. The van der Waals surface area contributed by atoms with Crippen LogP contribution in [0.25, 0.3) is 0 Å². The van der Waals surface area contributed by atoms with Gasteiger partial charge in [0.1, 0.15) is 55.7 Å². The summed E-state index contributed by atoms with van der Waals surface area (Å²) in [5.74, 6) is -2.51. The Morgan fingerprint density at radius 2 is 0.415 bits per heavy atom. The van der Waals surface area contributed by atoms with Crippen LogP contribution in [0, 0.1) is 10.7 Å². The summed E-state index contributed by atoms with van der Waals surface area (Å²) < 4.78 is 41.0. The first-order valence-corrected chi connectivity index (χ1v) is 55.1. The van der Waals surface area contributed by atoms with Gasteiger partial charge in [0.2, 0.25) is 0 Å². The summed E-state index contributed by atoms with van der Waals surface area (Å²) in [6, 6.07) is 101. The quantitative estimate of drug-likeness (QED) is 0.00938. The van der Waals surface area contributed by atoms with E-state index >= 15 is 0 Å². The van der Waals surface area contributed by atoms with Crippen molar-refractivity contribution >= 4 is 297 Å². The highest BCUT2D eigenvalue weighted by molar-refractivity contribution is 14.1. The number of esters is 7. The molecule has 12 aromatic rings. The van der Waals surface area contributed by atoms with Gasteiger partial charge in [-0.2, -0.15) is 0 Å². The standard InChI is InChI=1S/C26H24I3O3S.C25H22Br2IO4S.C25H23BrIO4S.C25H23I2O4S/c1-26(2,29)24(30)4-3-17-32-25(31)18-5-11-21(12-6-18)33(22-13-7-19(27)8-14-22)23-15-9-20(28)10-16-23;1-25(2,28)24(30)32-16-15-31-23(29)17-3-9-20(10-4-17)33(21-11-5-18(26)6-12-21)22-13-7-19(27)8-14-22;2*1-25(2,27)24(29)31-17-16-30-23(28)18-8-12-21(13-9-18)32(20-6-4-3-5-7-20)22-14-10-19(26)11-15-22/h5-16H,3-4,17H2,1-2H3;3-14H,15-16H2,1-2H3;2*3-15H,16-17H2,1-2H3/q4*+1. The van der Waals surface area contributed by atoms with Crippen molar-refractivity contribution in [3.63, 3.8) is 0 Å². The van der Waals surface area contributed by atoms with Crippen LogP contribution in [0.1, 0.15) is 110 Å². The van der Waals surface area contributed by atoms with Crippen LogP contribution in [0.5, 0.6) is 0 Å². The molecular formula is C101H92Br3I7O15S4+4. The molecule has 0 saturated heterocycles. The number of ether oxygens (including phenoxy) is 7. The van der Waals surface area contributed by atoms with Crippen LogP contribution in [0.3, 0.4) is 0 Å². The molecule has 2 unspecified atom stereocenters. The zero-order valence-corrected chi connectivity index (χ0v) is 94.9. The number of halogens is 10. The smallest absolute Gasteiger partial charge is 0.338 e. The summed E-state index contributed by atoms with van der Waals surface area (Å²) in [7, 11) is -1.17. The Morgan fingerprint density at radius 1 is 0.238 bits per heavy atom. The summed E-state index contributed by atoms with van der Waals surface area (Å²) in [5.41, 5.74) is 1.90. The molecule has 2 atom stereocenters. The van der Waals surface area contributed by atoms with E-state index in [2.05, 4.69) is 272 Å². The van der Waals surface area contributed by atoms with Crippen LogP contribution in [-0.2, 0) is 95.9 Å². The maximum absolute atomic E-state index is 12.5. The second-order valence-electron chi connectivity index (χ2n) is 30.0. The highest BCUT2D eigenvalue weighted by Crippen LogP contribution is 2.38. The number of benzene rings is 12. The largest absolute Gasteiger partial charge is 0.462 e. The molecule has 0 heterocycles.